The molecule has 2 atom stereocenters. The lowest BCUT2D eigenvalue weighted by atomic mass is 10.8. The average Bonchev–Trinajstić information content (AvgIpc) is 2.18. The topological polar surface area (TPSA) is 68.2 Å². The lowest BCUT2D eigenvalue weighted by Gasteiger charge is -2.26. The Morgan fingerprint density at radius 3 is 1.40 bits per heavy atom. The van der Waals surface area contributed by atoms with Gasteiger partial charge in [0.2, 0.25) is 0 Å². The normalized spacial score (nSPS) is 20.7. The smallest absolute Gasteiger partial charge is 0.387 e. The monoisotopic (exact) mass is 250 g/mol. The molecule has 0 saturated carbocycles. The van der Waals surface area contributed by atoms with Crippen molar-refractivity contribution in [1.82, 2.24) is 0 Å². The van der Waals surface area contributed by atoms with Gasteiger partial charge in [0.15, 0.2) is 0 Å². The van der Waals surface area contributed by atoms with Crippen molar-refractivity contribution >= 4 is 17.6 Å². The van der Waals surface area contributed by atoms with E-state index in [1.165, 1.54) is 25.6 Å². The summed E-state index contributed by atoms with van der Waals surface area (Å²) in [6, 6.07) is 0. The summed E-state index contributed by atoms with van der Waals surface area (Å²) in [5, 5.41) is 0. The van der Waals surface area contributed by atoms with E-state index in [1.54, 1.807) is 26.0 Å². The summed E-state index contributed by atoms with van der Waals surface area (Å²) >= 11 is 0. The van der Waals surface area contributed by atoms with Crippen molar-refractivity contribution in [2.45, 2.75) is 13.8 Å². The first kappa shape index (κ1) is 14.7. The Kier molecular flexibility index (Phi) is 6.21. The fourth-order valence-electron chi connectivity index (χ4n) is 0.918. The molecule has 0 aromatic heterocycles. The predicted octanol–water partition coefficient (Wildman–Crippen LogP) is 0.389. The molecule has 88 valence electrons. The summed E-state index contributed by atoms with van der Waals surface area (Å²) in [4.78, 5) is 19.8. The molecular weight excluding hydrogens is 232 g/mol. The predicted molar refractivity (Wildman–Crippen MR) is 60.7 cm³/mol. The van der Waals surface area contributed by atoms with Crippen LogP contribution >= 0.6 is 0 Å². The summed E-state index contributed by atoms with van der Waals surface area (Å²) < 4.78 is 14.9. The van der Waals surface area contributed by atoms with E-state index in [4.69, 9.17) is 13.0 Å². The molecule has 5 nitrogen and oxygen atoms in total. The molecule has 0 radical (unpaired) electrons. The van der Waals surface area contributed by atoms with Crippen LogP contribution in [0.1, 0.15) is 13.8 Å². The van der Waals surface area contributed by atoms with Crippen molar-refractivity contribution in [3.63, 3.8) is 0 Å². The first-order valence-electron chi connectivity index (χ1n) is 4.48. The Morgan fingerprint density at radius 1 is 0.867 bits per heavy atom. The second-order valence-corrected chi connectivity index (χ2v) is 7.59. The first-order chi connectivity index (χ1) is 6.95. The third kappa shape index (κ3) is 4.84. The fraction of sp³-hybridized carbons (Fsp3) is 0.500. The van der Waals surface area contributed by atoms with Crippen LogP contribution in [0.2, 0.25) is 0 Å². The molecule has 2 N–H and O–H groups in total. The average molecular weight is 250 g/mol. The Morgan fingerprint density at radius 2 is 1.20 bits per heavy atom. The largest absolute Gasteiger partial charge is 0.519 e. The molecule has 0 heterocycles. The lowest BCUT2D eigenvalue weighted by molar-refractivity contribution is 0.136. The number of hydrogen-bond acceptors (Lipinski definition) is 5. The molecule has 0 aromatic rings. The van der Waals surface area contributed by atoms with Crippen LogP contribution in [0.5, 0.6) is 0 Å². The summed E-state index contributed by atoms with van der Waals surface area (Å²) in [6.45, 7) is 3.45. The molecule has 0 aliphatic carbocycles. The Balaban J connectivity index is 4.78. The van der Waals surface area contributed by atoms with Crippen molar-refractivity contribution in [1.29, 1.82) is 0 Å². The highest BCUT2D eigenvalue weighted by atomic mass is 28.5. The highest BCUT2D eigenvalue weighted by molar-refractivity contribution is 6.78. The van der Waals surface area contributed by atoms with Gasteiger partial charge in [-0.05, 0) is 25.2 Å². The van der Waals surface area contributed by atoms with Gasteiger partial charge in [0, 0.05) is 14.2 Å². The van der Waals surface area contributed by atoms with E-state index in [2.05, 4.69) is 0 Å². The molecule has 7 heteroatoms. The first-order valence-corrected chi connectivity index (χ1v) is 8.16. The lowest BCUT2D eigenvalue weighted by Crippen LogP contribution is -2.53. The van der Waals surface area contributed by atoms with Gasteiger partial charge in [-0.25, -0.2) is 0 Å². The van der Waals surface area contributed by atoms with E-state index in [0.29, 0.717) is 0 Å². The van der Waals surface area contributed by atoms with E-state index >= 15 is 0 Å². The Labute approximate surface area is 92.3 Å². The highest BCUT2D eigenvalue weighted by Crippen LogP contribution is 2.13. The zero-order valence-electron chi connectivity index (χ0n) is 9.43. The zero-order chi connectivity index (χ0) is 11.9. The fourth-order valence-corrected chi connectivity index (χ4v) is 4.92. The third-order valence-corrected chi connectivity index (χ3v) is 6.65. The van der Waals surface area contributed by atoms with Crippen molar-refractivity contribution in [2.24, 2.45) is 0 Å². The molecule has 0 aliphatic rings. The molecule has 0 aliphatic heterocycles. The maximum absolute atomic E-state index is 9.88. The van der Waals surface area contributed by atoms with E-state index in [1.807, 2.05) is 0 Å². The van der Waals surface area contributed by atoms with Gasteiger partial charge in [-0.15, -0.1) is 0 Å². The maximum Gasteiger partial charge on any atom is 0.519 e. The highest BCUT2D eigenvalue weighted by Gasteiger charge is 2.45. The molecule has 0 bridgehead atoms. The van der Waals surface area contributed by atoms with Gasteiger partial charge in [-0.1, -0.05) is 12.2 Å². The second kappa shape index (κ2) is 6.33. The molecule has 0 fully saturated rings. The summed E-state index contributed by atoms with van der Waals surface area (Å²) in [7, 11) is -4.27. The van der Waals surface area contributed by atoms with Crippen LogP contribution in [0.3, 0.4) is 0 Å². The molecule has 0 spiro atoms. The molecule has 2 unspecified atom stereocenters. The van der Waals surface area contributed by atoms with Crippen molar-refractivity contribution < 1.29 is 22.6 Å². The SMILES string of the molecule is CC=C[Si](O)(OC)O[Si](O)(C=CC)OC. The van der Waals surface area contributed by atoms with E-state index in [-0.39, 0.29) is 0 Å². The number of hydrogen-bond donors (Lipinski definition) is 2. The number of rotatable bonds is 6. The minimum atomic E-state index is -3.46. The van der Waals surface area contributed by atoms with Crippen LogP contribution in [0.4, 0.5) is 0 Å². The molecular formula is C8H18O5Si2. The van der Waals surface area contributed by atoms with Gasteiger partial charge in [-0.2, -0.15) is 0 Å². The quantitative estimate of drug-likeness (QED) is 0.668. The van der Waals surface area contributed by atoms with Gasteiger partial charge in [0.25, 0.3) is 0 Å². The second-order valence-electron chi connectivity index (χ2n) is 2.77. The minimum absolute atomic E-state index is 1.33. The van der Waals surface area contributed by atoms with Gasteiger partial charge in [0.1, 0.15) is 0 Å². The van der Waals surface area contributed by atoms with E-state index in [0.717, 1.165) is 0 Å². The third-order valence-electron chi connectivity index (χ3n) is 1.63. The van der Waals surface area contributed by atoms with Crippen molar-refractivity contribution in [2.75, 3.05) is 14.2 Å². The summed E-state index contributed by atoms with van der Waals surface area (Å²) in [5.41, 5.74) is 2.82. The van der Waals surface area contributed by atoms with Crippen LogP contribution in [0.25, 0.3) is 0 Å². The Hall–Kier alpha value is -0.286. The maximum atomic E-state index is 9.88. The van der Waals surface area contributed by atoms with Gasteiger partial charge >= 0.3 is 17.6 Å². The molecule has 0 rings (SSSR count). The van der Waals surface area contributed by atoms with Gasteiger partial charge in [0.05, 0.1) is 0 Å². The summed E-state index contributed by atoms with van der Waals surface area (Å²) in [6.07, 6.45) is 3.21. The molecule has 15 heavy (non-hydrogen) atoms. The van der Waals surface area contributed by atoms with Crippen molar-refractivity contribution in [3.8, 4) is 0 Å². The van der Waals surface area contributed by atoms with Gasteiger partial charge in [-0.3, -0.25) is 0 Å². The van der Waals surface area contributed by atoms with Crippen LogP contribution in [-0.2, 0) is 13.0 Å². The van der Waals surface area contributed by atoms with E-state index < -0.39 is 17.6 Å². The standard InChI is InChI=1S/C8H18O5Si2/c1-5-7-14(9,11-3)13-15(10,12-4)8-6-2/h5-10H,1-4H3. The Bertz CT molecular complexity index is 221. The van der Waals surface area contributed by atoms with Crippen LogP contribution in [0.15, 0.2) is 23.6 Å². The number of allylic oxidation sites excluding steroid dienone is 2. The minimum Gasteiger partial charge on any atom is -0.387 e. The van der Waals surface area contributed by atoms with Crippen LogP contribution < -0.4 is 0 Å². The zero-order valence-corrected chi connectivity index (χ0v) is 11.4. The van der Waals surface area contributed by atoms with Crippen LogP contribution in [0, 0.1) is 0 Å². The van der Waals surface area contributed by atoms with Crippen LogP contribution in [-0.4, -0.2) is 41.4 Å². The van der Waals surface area contributed by atoms with Gasteiger partial charge < -0.3 is 22.6 Å². The molecule has 0 amide bonds. The van der Waals surface area contributed by atoms with E-state index in [9.17, 15) is 9.59 Å². The molecule has 0 aromatic carbocycles. The van der Waals surface area contributed by atoms with Crippen molar-refractivity contribution in [3.05, 3.63) is 23.6 Å². The molecule has 0 saturated heterocycles. The summed E-state index contributed by atoms with van der Waals surface area (Å²) in [5.74, 6) is 0.